The molecule has 0 saturated carbocycles. The van der Waals surface area contributed by atoms with E-state index in [2.05, 4.69) is 43.5 Å². The number of hydrogen-bond donors (Lipinski definition) is 1. The molecule has 1 aromatic carbocycles. The van der Waals surface area contributed by atoms with E-state index in [0.29, 0.717) is 5.92 Å². The van der Waals surface area contributed by atoms with Gasteiger partial charge in [0.05, 0.1) is 7.85 Å². The van der Waals surface area contributed by atoms with Gasteiger partial charge in [0.15, 0.2) is 0 Å². The summed E-state index contributed by atoms with van der Waals surface area (Å²) in [7, 11) is 5.62. The Morgan fingerprint density at radius 3 is 2.76 bits per heavy atom. The summed E-state index contributed by atoms with van der Waals surface area (Å²) in [5, 5.41) is 0. The molecule has 2 N–H and O–H groups in total. The van der Waals surface area contributed by atoms with Gasteiger partial charge < -0.3 is 10.6 Å². The van der Waals surface area contributed by atoms with E-state index >= 15 is 0 Å². The van der Waals surface area contributed by atoms with E-state index in [-0.39, 0.29) is 0 Å². The molecule has 21 heavy (non-hydrogen) atoms. The highest BCUT2D eigenvalue weighted by Crippen LogP contribution is 2.24. The minimum absolute atomic E-state index is 0.392. The van der Waals surface area contributed by atoms with Gasteiger partial charge in [-0.15, -0.1) is 0 Å². The van der Waals surface area contributed by atoms with Crippen LogP contribution in [0.4, 0.5) is 0 Å². The largest absolute Gasteiger partial charge is 0.402 e. The molecule has 1 unspecified atom stereocenters. The summed E-state index contributed by atoms with van der Waals surface area (Å²) < 4.78 is 0. The zero-order chi connectivity index (χ0) is 15.4. The smallest absolute Gasteiger partial charge is 0.0657 e. The second-order valence-electron chi connectivity index (χ2n) is 6.56. The predicted octanol–water partition coefficient (Wildman–Crippen LogP) is 2.71. The van der Waals surface area contributed by atoms with Crippen molar-refractivity contribution in [3.05, 3.63) is 47.2 Å². The van der Waals surface area contributed by atoms with Crippen molar-refractivity contribution in [2.45, 2.75) is 33.0 Å². The molecule has 1 aromatic rings. The maximum atomic E-state index is 5.75. The molecule has 0 spiro atoms. The Morgan fingerprint density at radius 2 is 2.19 bits per heavy atom. The Bertz CT molecular complexity index is 492. The van der Waals surface area contributed by atoms with Crippen LogP contribution < -0.4 is 5.73 Å². The molecule has 1 heterocycles. The number of aryl methyl sites for hydroxylation is 2. The Kier molecular flexibility index (Phi) is 5.52. The molecule has 0 amide bonds. The number of hydrogen-bond acceptors (Lipinski definition) is 2. The summed E-state index contributed by atoms with van der Waals surface area (Å²) in [6.45, 7) is 11.6. The van der Waals surface area contributed by atoms with Crippen molar-refractivity contribution < 1.29 is 0 Å². The van der Waals surface area contributed by atoms with Crippen LogP contribution >= 0.6 is 0 Å². The van der Waals surface area contributed by atoms with E-state index in [1.165, 1.54) is 36.2 Å². The molecule has 1 aliphatic rings. The van der Waals surface area contributed by atoms with Crippen molar-refractivity contribution in [3.8, 4) is 0 Å². The number of benzene rings is 1. The van der Waals surface area contributed by atoms with Crippen molar-refractivity contribution in [3.63, 3.8) is 0 Å². The lowest BCUT2D eigenvalue weighted by molar-refractivity contribution is 0.0894. The second-order valence-corrected chi connectivity index (χ2v) is 6.56. The Balaban J connectivity index is 1.81. The van der Waals surface area contributed by atoms with Crippen LogP contribution in [0.3, 0.4) is 0 Å². The number of rotatable bonds is 7. The highest BCUT2D eigenvalue weighted by molar-refractivity contribution is 6.08. The number of nitrogens with two attached hydrogens (primary N) is 1. The molecule has 2 rings (SSSR count). The van der Waals surface area contributed by atoms with Crippen LogP contribution in [0.2, 0.25) is 6.32 Å². The average molecular weight is 282 g/mol. The molecule has 2 radical (unpaired) electrons. The molecular weight excluding hydrogens is 255 g/mol. The fourth-order valence-corrected chi connectivity index (χ4v) is 3.08. The molecule has 1 fully saturated rings. The van der Waals surface area contributed by atoms with Gasteiger partial charge in [0.25, 0.3) is 0 Å². The van der Waals surface area contributed by atoms with Crippen molar-refractivity contribution in [2.75, 3.05) is 19.6 Å². The maximum Gasteiger partial charge on any atom is 0.0657 e. The van der Waals surface area contributed by atoms with Crippen molar-refractivity contribution in [2.24, 2.45) is 17.6 Å². The van der Waals surface area contributed by atoms with Gasteiger partial charge in [0.2, 0.25) is 0 Å². The molecular formula is C18H27BN2. The Morgan fingerprint density at radius 1 is 1.48 bits per heavy atom. The van der Waals surface area contributed by atoms with Gasteiger partial charge in [-0.2, -0.15) is 0 Å². The van der Waals surface area contributed by atoms with E-state index in [0.717, 1.165) is 30.9 Å². The molecule has 0 aliphatic carbocycles. The second kappa shape index (κ2) is 7.17. The number of likely N-dealkylation sites (tertiary alicyclic amines) is 1. The lowest BCUT2D eigenvalue weighted by Crippen LogP contribution is -2.49. The van der Waals surface area contributed by atoms with Crippen LogP contribution in [0, 0.1) is 18.8 Å². The first-order valence-corrected chi connectivity index (χ1v) is 7.94. The van der Waals surface area contributed by atoms with Gasteiger partial charge in [-0.3, -0.25) is 0 Å². The Hall–Kier alpha value is -1.22. The highest BCUT2D eigenvalue weighted by Gasteiger charge is 2.28. The topological polar surface area (TPSA) is 29.3 Å². The van der Waals surface area contributed by atoms with Crippen LogP contribution in [0.5, 0.6) is 0 Å². The van der Waals surface area contributed by atoms with Gasteiger partial charge in [0.1, 0.15) is 0 Å². The van der Waals surface area contributed by atoms with Gasteiger partial charge in [0, 0.05) is 31.2 Å². The van der Waals surface area contributed by atoms with E-state index in [1.807, 2.05) is 0 Å². The molecule has 1 saturated heterocycles. The summed E-state index contributed by atoms with van der Waals surface area (Å²) in [5.41, 5.74) is 10.8. The third-order valence-electron chi connectivity index (χ3n) is 4.55. The molecule has 1 atom stereocenters. The molecule has 112 valence electrons. The van der Waals surface area contributed by atoms with Crippen LogP contribution in [0.25, 0.3) is 0 Å². The van der Waals surface area contributed by atoms with Gasteiger partial charge in [-0.05, 0) is 42.4 Å². The fraction of sp³-hybridized carbons (Fsp3) is 0.556. The molecule has 3 heteroatoms. The van der Waals surface area contributed by atoms with Crippen LogP contribution in [-0.2, 0) is 12.8 Å². The molecule has 0 aromatic heterocycles. The summed E-state index contributed by atoms with van der Waals surface area (Å²) in [5.74, 6) is 1.17. The normalized spacial score (nSPS) is 17.4. The van der Waals surface area contributed by atoms with E-state index < -0.39 is 0 Å². The lowest BCUT2D eigenvalue weighted by Gasteiger charge is -2.41. The Labute approximate surface area is 130 Å². The highest BCUT2D eigenvalue weighted by atomic mass is 15.2. The first-order valence-electron chi connectivity index (χ1n) is 7.94. The van der Waals surface area contributed by atoms with Crippen molar-refractivity contribution in [1.29, 1.82) is 0 Å². The minimum atomic E-state index is 0.392. The van der Waals surface area contributed by atoms with E-state index in [4.69, 9.17) is 13.6 Å². The first kappa shape index (κ1) is 16.2. The summed E-state index contributed by atoms with van der Waals surface area (Å²) in [6, 6.07) is 6.80. The van der Waals surface area contributed by atoms with Crippen LogP contribution in [0.15, 0.2) is 30.5 Å². The monoisotopic (exact) mass is 282 g/mol. The quantitative estimate of drug-likeness (QED) is 0.779. The van der Waals surface area contributed by atoms with E-state index in [1.54, 1.807) is 0 Å². The summed E-state index contributed by atoms with van der Waals surface area (Å²) in [6.07, 6.45) is 2.88. The minimum Gasteiger partial charge on any atom is -0.402 e. The van der Waals surface area contributed by atoms with Gasteiger partial charge in [-0.1, -0.05) is 38.0 Å². The number of nitrogens with zero attached hydrogens (tertiary/aromatic N) is 1. The zero-order valence-corrected chi connectivity index (χ0v) is 13.4. The fourth-order valence-electron chi connectivity index (χ4n) is 3.08. The third-order valence-corrected chi connectivity index (χ3v) is 4.55. The molecule has 0 bridgehead atoms. The standard InChI is InChI=1S/C18H27BN2/c1-13-8-16(6-7-19)4-5-18(13)9-17-11-21(12-17)10-14(2)15(3)20/h4-5,8,14,17H,3,6-7,9-12,20H2,1-2H3. The summed E-state index contributed by atoms with van der Waals surface area (Å²) in [4.78, 5) is 2.48. The van der Waals surface area contributed by atoms with Crippen molar-refractivity contribution in [1.82, 2.24) is 4.90 Å². The summed E-state index contributed by atoms with van der Waals surface area (Å²) >= 11 is 0. The zero-order valence-electron chi connectivity index (χ0n) is 13.4. The van der Waals surface area contributed by atoms with Gasteiger partial charge in [-0.25, -0.2) is 0 Å². The van der Waals surface area contributed by atoms with Crippen LogP contribution in [-0.4, -0.2) is 32.4 Å². The molecule has 1 aliphatic heterocycles. The lowest BCUT2D eigenvalue weighted by atomic mass is 9.88. The van der Waals surface area contributed by atoms with E-state index in [9.17, 15) is 0 Å². The predicted molar refractivity (Wildman–Crippen MR) is 91.6 cm³/mol. The first-order chi connectivity index (χ1) is 9.99. The van der Waals surface area contributed by atoms with Crippen LogP contribution in [0.1, 0.15) is 23.6 Å². The maximum absolute atomic E-state index is 5.75. The van der Waals surface area contributed by atoms with Gasteiger partial charge >= 0.3 is 0 Å². The molecule has 2 nitrogen and oxygen atoms in total. The SMILES string of the molecule is [B]CCc1ccc(CC2CN(CC(C)C(=C)N)C2)c(C)c1. The third kappa shape index (κ3) is 4.37. The average Bonchev–Trinajstić information content (AvgIpc) is 2.38. The van der Waals surface area contributed by atoms with Crippen molar-refractivity contribution >= 4 is 7.85 Å².